The van der Waals surface area contributed by atoms with Crippen molar-refractivity contribution in [1.82, 2.24) is 0 Å². The van der Waals surface area contributed by atoms with Gasteiger partial charge in [0, 0.05) is 6.42 Å². The topological polar surface area (TPSA) is 38.8 Å². The van der Waals surface area contributed by atoms with Gasteiger partial charge in [-0.15, -0.1) is 0 Å². The number of rotatable bonds is 24. The standard InChI is InChI=1S/C28H54O3/c1-3-5-7-9-11-12-13-14-15-16-17-18-19-21-23-25-27(29)31-28-26(30-28)24-22-20-10-8-6-4-2/h26,28H,3-25H2,1-2H3. The maximum Gasteiger partial charge on any atom is 0.308 e. The van der Waals surface area contributed by atoms with E-state index in [1.165, 1.54) is 122 Å². The second-order valence-electron chi connectivity index (χ2n) is 9.79. The number of ether oxygens (including phenoxy) is 2. The molecular formula is C28H54O3. The minimum absolute atomic E-state index is 0.0647. The smallest absolute Gasteiger partial charge is 0.308 e. The van der Waals surface area contributed by atoms with Gasteiger partial charge in [-0.05, 0) is 12.8 Å². The SMILES string of the molecule is CCCCCCCCCCCCCCCCCC(=O)OC1OC1CCCCCCCC. The molecule has 0 aromatic carbocycles. The summed E-state index contributed by atoms with van der Waals surface area (Å²) < 4.78 is 10.9. The summed E-state index contributed by atoms with van der Waals surface area (Å²) >= 11 is 0. The summed E-state index contributed by atoms with van der Waals surface area (Å²) in [5.41, 5.74) is 0. The van der Waals surface area contributed by atoms with Crippen molar-refractivity contribution in [2.75, 3.05) is 0 Å². The molecule has 1 fully saturated rings. The normalized spacial score (nSPS) is 17.7. The fourth-order valence-electron chi connectivity index (χ4n) is 4.39. The van der Waals surface area contributed by atoms with Crippen molar-refractivity contribution in [3.8, 4) is 0 Å². The largest absolute Gasteiger partial charge is 0.433 e. The molecule has 2 unspecified atom stereocenters. The number of unbranched alkanes of at least 4 members (excludes halogenated alkanes) is 19. The molecule has 0 bridgehead atoms. The van der Waals surface area contributed by atoms with E-state index in [9.17, 15) is 4.79 Å². The van der Waals surface area contributed by atoms with Crippen LogP contribution in [0.4, 0.5) is 0 Å². The first-order valence-electron chi connectivity index (χ1n) is 14.1. The van der Waals surface area contributed by atoms with Crippen LogP contribution in [0.1, 0.15) is 162 Å². The fraction of sp³-hybridized carbons (Fsp3) is 0.964. The number of carbonyl (C=O) groups is 1. The first kappa shape index (κ1) is 28.5. The first-order valence-corrected chi connectivity index (χ1v) is 14.1. The molecular weight excluding hydrogens is 384 g/mol. The second kappa shape index (κ2) is 21.3. The zero-order chi connectivity index (χ0) is 22.4. The predicted molar refractivity (Wildman–Crippen MR) is 132 cm³/mol. The molecule has 0 spiro atoms. The van der Waals surface area contributed by atoms with Crippen LogP contribution in [-0.2, 0) is 14.3 Å². The third-order valence-corrected chi connectivity index (χ3v) is 6.61. The van der Waals surface area contributed by atoms with Gasteiger partial charge in [0.05, 0.1) is 0 Å². The van der Waals surface area contributed by atoms with E-state index in [2.05, 4.69) is 13.8 Å². The summed E-state index contributed by atoms with van der Waals surface area (Å²) in [6.45, 7) is 4.53. The molecule has 0 saturated carbocycles. The Balaban J connectivity index is 1.75. The Bertz CT molecular complexity index is 396. The van der Waals surface area contributed by atoms with Gasteiger partial charge in [-0.3, -0.25) is 4.79 Å². The van der Waals surface area contributed by atoms with Crippen molar-refractivity contribution >= 4 is 5.97 Å². The van der Waals surface area contributed by atoms with Crippen LogP contribution in [0, 0.1) is 0 Å². The van der Waals surface area contributed by atoms with Crippen LogP contribution in [-0.4, -0.2) is 18.4 Å². The lowest BCUT2D eigenvalue weighted by atomic mass is 10.0. The predicted octanol–water partition coefficient (Wildman–Crippen LogP) is 9.27. The minimum Gasteiger partial charge on any atom is -0.433 e. The Morgan fingerprint density at radius 3 is 1.42 bits per heavy atom. The van der Waals surface area contributed by atoms with Crippen LogP contribution in [0.5, 0.6) is 0 Å². The molecule has 1 aliphatic heterocycles. The van der Waals surface area contributed by atoms with Gasteiger partial charge in [-0.1, -0.05) is 142 Å². The van der Waals surface area contributed by atoms with Gasteiger partial charge in [-0.2, -0.15) is 0 Å². The van der Waals surface area contributed by atoms with Crippen molar-refractivity contribution in [2.45, 2.75) is 174 Å². The summed E-state index contributed by atoms with van der Waals surface area (Å²) in [5.74, 6) is -0.0647. The first-order chi connectivity index (χ1) is 15.3. The molecule has 0 aromatic heterocycles. The molecule has 1 rings (SSSR count). The number of esters is 1. The highest BCUT2D eigenvalue weighted by Crippen LogP contribution is 2.29. The fourth-order valence-corrected chi connectivity index (χ4v) is 4.39. The summed E-state index contributed by atoms with van der Waals surface area (Å²) in [5, 5.41) is 0. The molecule has 0 radical (unpaired) electrons. The van der Waals surface area contributed by atoms with Crippen molar-refractivity contribution in [3.05, 3.63) is 0 Å². The summed E-state index contributed by atoms with van der Waals surface area (Å²) in [6.07, 6.45) is 29.5. The quantitative estimate of drug-likeness (QED) is 0.0856. The van der Waals surface area contributed by atoms with Crippen LogP contribution in [0.2, 0.25) is 0 Å². The van der Waals surface area contributed by atoms with Crippen molar-refractivity contribution in [2.24, 2.45) is 0 Å². The molecule has 3 nitrogen and oxygen atoms in total. The molecule has 1 heterocycles. The monoisotopic (exact) mass is 438 g/mol. The highest BCUT2D eigenvalue weighted by atomic mass is 16.8. The van der Waals surface area contributed by atoms with E-state index in [1.54, 1.807) is 0 Å². The zero-order valence-corrected chi connectivity index (χ0v) is 21.1. The molecule has 0 aromatic rings. The Morgan fingerprint density at radius 2 is 0.968 bits per heavy atom. The van der Waals surface area contributed by atoms with Gasteiger partial charge in [0.15, 0.2) is 0 Å². The lowest BCUT2D eigenvalue weighted by Crippen LogP contribution is -2.09. The van der Waals surface area contributed by atoms with Crippen molar-refractivity contribution in [1.29, 1.82) is 0 Å². The molecule has 0 amide bonds. The molecule has 1 aliphatic rings. The molecule has 0 aliphatic carbocycles. The Morgan fingerprint density at radius 1 is 0.581 bits per heavy atom. The molecule has 2 atom stereocenters. The number of hydrogen-bond acceptors (Lipinski definition) is 3. The lowest BCUT2D eigenvalue weighted by molar-refractivity contribution is -0.148. The van der Waals surface area contributed by atoms with Crippen LogP contribution in [0.3, 0.4) is 0 Å². The Hall–Kier alpha value is -0.570. The van der Waals surface area contributed by atoms with Crippen molar-refractivity contribution in [3.63, 3.8) is 0 Å². The minimum atomic E-state index is -0.237. The molecule has 1 saturated heterocycles. The Kier molecular flexibility index (Phi) is 19.5. The van der Waals surface area contributed by atoms with Gasteiger partial charge in [0.2, 0.25) is 6.29 Å². The average molecular weight is 439 g/mol. The molecule has 0 N–H and O–H groups in total. The van der Waals surface area contributed by atoms with Crippen molar-refractivity contribution < 1.29 is 14.3 Å². The number of hydrogen-bond donors (Lipinski definition) is 0. The Labute approximate surface area is 194 Å². The summed E-state index contributed by atoms with van der Waals surface area (Å²) in [7, 11) is 0. The van der Waals surface area contributed by atoms with Gasteiger partial charge in [0.1, 0.15) is 6.10 Å². The van der Waals surface area contributed by atoms with Crippen LogP contribution in [0.25, 0.3) is 0 Å². The highest BCUT2D eigenvalue weighted by Gasteiger charge is 2.41. The average Bonchev–Trinajstić information content (AvgIpc) is 3.50. The maximum atomic E-state index is 11.9. The lowest BCUT2D eigenvalue weighted by Gasteiger charge is -2.04. The summed E-state index contributed by atoms with van der Waals surface area (Å²) in [4.78, 5) is 11.9. The van der Waals surface area contributed by atoms with Crippen LogP contribution < -0.4 is 0 Å². The molecule has 31 heavy (non-hydrogen) atoms. The van der Waals surface area contributed by atoms with E-state index in [1.807, 2.05) is 0 Å². The van der Waals surface area contributed by atoms with Gasteiger partial charge in [-0.25, -0.2) is 0 Å². The van der Waals surface area contributed by atoms with E-state index in [-0.39, 0.29) is 18.4 Å². The van der Waals surface area contributed by atoms with Gasteiger partial charge >= 0.3 is 5.97 Å². The molecule has 3 heteroatoms. The van der Waals surface area contributed by atoms with E-state index in [0.717, 1.165) is 19.3 Å². The van der Waals surface area contributed by atoms with Gasteiger partial charge < -0.3 is 9.47 Å². The molecule has 184 valence electrons. The van der Waals surface area contributed by atoms with Gasteiger partial charge in [0.25, 0.3) is 0 Å². The summed E-state index contributed by atoms with van der Waals surface area (Å²) in [6, 6.07) is 0. The number of carbonyl (C=O) groups excluding carboxylic acids is 1. The highest BCUT2D eigenvalue weighted by molar-refractivity contribution is 5.69. The van der Waals surface area contributed by atoms with E-state index < -0.39 is 0 Å². The van der Waals surface area contributed by atoms with Crippen LogP contribution >= 0.6 is 0 Å². The third kappa shape index (κ3) is 18.7. The van der Waals surface area contributed by atoms with Crippen LogP contribution in [0.15, 0.2) is 0 Å². The zero-order valence-electron chi connectivity index (χ0n) is 21.1. The second-order valence-corrected chi connectivity index (χ2v) is 9.79. The van der Waals surface area contributed by atoms with E-state index in [0.29, 0.717) is 6.42 Å². The number of epoxide rings is 1. The maximum absolute atomic E-state index is 11.9. The van der Waals surface area contributed by atoms with E-state index >= 15 is 0 Å². The third-order valence-electron chi connectivity index (χ3n) is 6.61. The van der Waals surface area contributed by atoms with E-state index in [4.69, 9.17) is 9.47 Å².